The molecule has 4 nitrogen and oxygen atoms in total. The van der Waals surface area contributed by atoms with Crippen molar-refractivity contribution < 1.29 is 13.5 Å². The van der Waals surface area contributed by atoms with Crippen molar-refractivity contribution in [3.05, 3.63) is 65.7 Å². The van der Waals surface area contributed by atoms with Gasteiger partial charge in [0.1, 0.15) is 10.6 Å². The SMILES string of the molecule is C=C(C)C.CCCN(CCC)c1cccc(C)c1C.CS(=O)(=O)c1ccccc1O. The Hall–Kier alpha value is -2.27. The van der Waals surface area contributed by atoms with Crippen LogP contribution in [0.1, 0.15) is 51.7 Å². The van der Waals surface area contributed by atoms with E-state index in [1.54, 1.807) is 12.1 Å². The second kappa shape index (κ2) is 13.9. The number of nitrogens with zero attached hydrogens (tertiary/aromatic N) is 1. The van der Waals surface area contributed by atoms with E-state index in [9.17, 15) is 8.42 Å². The smallest absolute Gasteiger partial charge is 0.179 e. The number of benzene rings is 2. The maximum atomic E-state index is 10.9. The Morgan fingerprint density at radius 3 is 1.87 bits per heavy atom. The number of aromatic hydroxyl groups is 1. The normalized spacial score (nSPS) is 10.2. The molecule has 0 amide bonds. The van der Waals surface area contributed by atoms with Gasteiger partial charge in [-0.3, -0.25) is 0 Å². The topological polar surface area (TPSA) is 57.6 Å². The van der Waals surface area contributed by atoms with Gasteiger partial charge in [0.15, 0.2) is 9.84 Å². The summed E-state index contributed by atoms with van der Waals surface area (Å²) in [6.45, 7) is 18.7. The van der Waals surface area contributed by atoms with Gasteiger partial charge < -0.3 is 10.0 Å². The second-order valence-electron chi connectivity index (χ2n) is 7.65. The Morgan fingerprint density at radius 2 is 1.47 bits per heavy atom. The molecule has 30 heavy (non-hydrogen) atoms. The first-order chi connectivity index (χ1) is 13.9. The molecular weight excluding hydrogens is 394 g/mol. The highest BCUT2D eigenvalue weighted by atomic mass is 32.2. The minimum absolute atomic E-state index is 0.0278. The number of sulfone groups is 1. The maximum absolute atomic E-state index is 10.9. The van der Waals surface area contributed by atoms with Crippen molar-refractivity contribution in [1.29, 1.82) is 0 Å². The summed E-state index contributed by atoms with van der Waals surface area (Å²) >= 11 is 0. The van der Waals surface area contributed by atoms with Gasteiger partial charge in [-0.2, -0.15) is 0 Å². The summed E-state index contributed by atoms with van der Waals surface area (Å²) < 4.78 is 21.8. The molecule has 2 rings (SSSR count). The fourth-order valence-corrected chi connectivity index (χ4v) is 3.52. The maximum Gasteiger partial charge on any atom is 0.179 e. The standard InChI is InChI=1S/C14H23N.C7H8O3S.C4H8/c1-5-10-15(11-6-2)14-9-7-8-12(3)13(14)4;1-11(9,10)7-5-3-2-4-6(7)8;1-4(2)3/h7-9H,5-6,10-11H2,1-4H3;2-5,8H,1H3;1H2,2-3H3. The molecule has 0 spiro atoms. The summed E-state index contributed by atoms with van der Waals surface area (Å²) in [5, 5.41) is 9.07. The lowest BCUT2D eigenvalue weighted by atomic mass is 10.1. The summed E-state index contributed by atoms with van der Waals surface area (Å²) in [5.74, 6) is -0.199. The zero-order chi connectivity index (χ0) is 23.3. The summed E-state index contributed by atoms with van der Waals surface area (Å²) in [7, 11) is -3.28. The van der Waals surface area contributed by atoms with Crippen LogP contribution in [-0.4, -0.2) is 32.9 Å². The summed E-state index contributed by atoms with van der Waals surface area (Å²) in [6, 6.07) is 12.4. The molecule has 0 aliphatic heterocycles. The van der Waals surface area contributed by atoms with E-state index < -0.39 is 9.84 Å². The Kier molecular flexibility index (Phi) is 12.8. The van der Waals surface area contributed by atoms with Crippen molar-refractivity contribution in [3.8, 4) is 5.75 Å². The van der Waals surface area contributed by atoms with Crippen molar-refractivity contribution in [2.45, 2.75) is 59.3 Å². The van der Waals surface area contributed by atoms with Crippen molar-refractivity contribution >= 4 is 15.5 Å². The molecule has 2 aromatic rings. The average molecular weight is 434 g/mol. The van der Waals surface area contributed by atoms with E-state index in [4.69, 9.17) is 5.11 Å². The minimum atomic E-state index is -3.28. The van der Waals surface area contributed by atoms with E-state index >= 15 is 0 Å². The molecule has 0 radical (unpaired) electrons. The number of anilines is 1. The van der Waals surface area contributed by atoms with Crippen molar-refractivity contribution in [3.63, 3.8) is 0 Å². The number of allylic oxidation sites excluding steroid dienone is 1. The molecule has 0 saturated heterocycles. The second-order valence-corrected chi connectivity index (χ2v) is 9.64. The molecule has 0 fully saturated rings. The summed E-state index contributed by atoms with van der Waals surface area (Å²) in [5.41, 5.74) is 5.41. The van der Waals surface area contributed by atoms with Gasteiger partial charge in [0.25, 0.3) is 0 Å². The minimum Gasteiger partial charge on any atom is -0.507 e. The number of hydrogen-bond acceptors (Lipinski definition) is 4. The lowest BCUT2D eigenvalue weighted by Gasteiger charge is -2.26. The number of phenolic OH excluding ortho intramolecular Hbond substituents is 1. The van der Waals surface area contributed by atoms with Gasteiger partial charge in [-0.1, -0.05) is 43.7 Å². The van der Waals surface area contributed by atoms with Gasteiger partial charge in [-0.15, -0.1) is 6.58 Å². The molecule has 5 heteroatoms. The molecule has 0 aliphatic rings. The predicted octanol–water partition coefficient (Wildman–Crippen LogP) is 6.31. The van der Waals surface area contributed by atoms with Gasteiger partial charge in [-0.05, 0) is 69.9 Å². The summed E-state index contributed by atoms with van der Waals surface area (Å²) in [6.07, 6.45) is 3.49. The Balaban J connectivity index is 0.000000491. The van der Waals surface area contributed by atoms with Crippen LogP contribution in [0.25, 0.3) is 0 Å². The molecule has 1 N–H and O–H groups in total. The third-order valence-corrected chi connectivity index (χ3v) is 5.31. The van der Waals surface area contributed by atoms with Gasteiger partial charge in [0, 0.05) is 25.0 Å². The molecule has 2 aromatic carbocycles. The van der Waals surface area contributed by atoms with Crippen LogP contribution in [-0.2, 0) is 9.84 Å². The first kappa shape index (κ1) is 27.7. The van der Waals surface area contributed by atoms with E-state index in [1.807, 2.05) is 13.8 Å². The number of phenols is 1. The molecule has 0 heterocycles. The molecule has 0 aliphatic carbocycles. The number of hydrogen-bond donors (Lipinski definition) is 1. The van der Waals surface area contributed by atoms with Gasteiger partial charge in [-0.25, -0.2) is 8.42 Å². The van der Waals surface area contributed by atoms with Crippen LogP contribution in [0.15, 0.2) is 59.5 Å². The van der Waals surface area contributed by atoms with Crippen LogP contribution >= 0.6 is 0 Å². The molecule has 0 aromatic heterocycles. The zero-order valence-electron chi connectivity index (χ0n) is 19.7. The Bertz CT molecular complexity index is 879. The van der Waals surface area contributed by atoms with Crippen LogP contribution in [0.3, 0.4) is 0 Å². The van der Waals surface area contributed by atoms with Crippen molar-refractivity contribution in [2.24, 2.45) is 0 Å². The van der Waals surface area contributed by atoms with Crippen LogP contribution in [0, 0.1) is 13.8 Å². The van der Waals surface area contributed by atoms with E-state index in [0.717, 1.165) is 19.3 Å². The Labute approximate surface area is 184 Å². The number of para-hydroxylation sites is 1. The third kappa shape index (κ3) is 10.5. The molecule has 0 saturated carbocycles. The highest BCUT2D eigenvalue weighted by molar-refractivity contribution is 7.90. The first-order valence-electron chi connectivity index (χ1n) is 10.4. The average Bonchev–Trinajstić information content (AvgIpc) is 2.63. The van der Waals surface area contributed by atoms with Crippen LogP contribution in [0.4, 0.5) is 5.69 Å². The van der Waals surface area contributed by atoms with Crippen molar-refractivity contribution in [1.82, 2.24) is 0 Å². The highest BCUT2D eigenvalue weighted by Crippen LogP contribution is 2.23. The largest absolute Gasteiger partial charge is 0.507 e. The highest BCUT2D eigenvalue weighted by Gasteiger charge is 2.10. The van der Waals surface area contributed by atoms with E-state index in [-0.39, 0.29) is 10.6 Å². The van der Waals surface area contributed by atoms with Crippen LogP contribution in [0.2, 0.25) is 0 Å². The van der Waals surface area contributed by atoms with Gasteiger partial charge in [0.2, 0.25) is 0 Å². The summed E-state index contributed by atoms with van der Waals surface area (Å²) in [4.78, 5) is 2.47. The molecule has 168 valence electrons. The molecule has 0 unspecified atom stereocenters. The van der Waals surface area contributed by atoms with Crippen LogP contribution < -0.4 is 4.90 Å². The monoisotopic (exact) mass is 433 g/mol. The van der Waals surface area contributed by atoms with E-state index in [2.05, 4.69) is 57.4 Å². The lowest BCUT2D eigenvalue weighted by molar-refractivity contribution is 0.459. The molecular formula is C25H39NO3S. The van der Waals surface area contributed by atoms with Gasteiger partial charge >= 0.3 is 0 Å². The van der Waals surface area contributed by atoms with Gasteiger partial charge in [0.05, 0.1) is 0 Å². The van der Waals surface area contributed by atoms with Crippen molar-refractivity contribution in [2.75, 3.05) is 24.2 Å². The first-order valence-corrected chi connectivity index (χ1v) is 12.3. The fraction of sp³-hybridized carbons (Fsp3) is 0.440. The Morgan fingerprint density at radius 1 is 0.967 bits per heavy atom. The molecule has 0 bridgehead atoms. The number of aryl methyl sites for hydroxylation is 1. The van der Waals surface area contributed by atoms with Crippen LogP contribution in [0.5, 0.6) is 5.75 Å². The fourth-order valence-electron chi connectivity index (χ4n) is 2.74. The quantitative estimate of drug-likeness (QED) is 0.543. The van der Waals surface area contributed by atoms with E-state index in [1.165, 1.54) is 47.4 Å². The lowest BCUT2D eigenvalue weighted by Crippen LogP contribution is -2.25. The molecule has 0 atom stereocenters. The zero-order valence-corrected chi connectivity index (χ0v) is 20.5. The third-order valence-electron chi connectivity index (χ3n) is 4.17. The number of rotatable bonds is 6. The van der Waals surface area contributed by atoms with E-state index in [0.29, 0.717) is 0 Å². The predicted molar refractivity (Wildman–Crippen MR) is 130 cm³/mol.